The lowest BCUT2D eigenvalue weighted by Gasteiger charge is -2.28. The van der Waals surface area contributed by atoms with Crippen LogP contribution in [0.5, 0.6) is 0 Å². The average Bonchev–Trinajstić information content (AvgIpc) is 3.33. The van der Waals surface area contributed by atoms with Crippen molar-refractivity contribution >= 4 is 46.8 Å². The zero-order valence-corrected chi connectivity index (χ0v) is 21.2. The molecule has 0 radical (unpaired) electrons. The number of imidazole rings is 1. The highest BCUT2D eigenvalue weighted by Crippen LogP contribution is 2.34. The molecule has 0 unspecified atom stereocenters. The van der Waals surface area contributed by atoms with E-state index in [9.17, 15) is 9.18 Å². The summed E-state index contributed by atoms with van der Waals surface area (Å²) in [5, 5.41) is 3.97. The van der Waals surface area contributed by atoms with E-state index >= 15 is 0 Å². The van der Waals surface area contributed by atoms with Gasteiger partial charge in [0.25, 0.3) is 5.56 Å². The zero-order valence-electron chi connectivity index (χ0n) is 20.2. The van der Waals surface area contributed by atoms with Gasteiger partial charge in [-0.25, -0.2) is 9.37 Å². The van der Waals surface area contributed by atoms with Gasteiger partial charge in [0.2, 0.25) is 0 Å². The number of nitrogens with zero attached hydrogens (tertiary/aromatic N) is 3. The Bertz CT molecular complexity index is 1610. The minimum atomic E-state index is -0.395. The number of hydrogen-bond donors (Lipinski definition) is 3. The van der Waals surface area contributed by atoms with Crippen LogP contribution in [0, 0.1) is 5.82 Å². The maximum absolute atomic E-state index is 14.3. The molecule has 190 valence electrons. The fraction of sp³-hybridized carbons (Fsp3) is 0.222. The maximum Gasteiger partial charge on any atom is 0.261 e. The number of rotatable bonds is 5. The molecular weight excluding hydrogens is 491 g/mol. The Morgan fingerprint density at radius 2 is 1.89 bits per heavy atom. The van der Waals surface area contributed by atoms with Gasteiger partial charge in [-0.1, -0.05) is 6.07 Å². The normalized spacial score (nSPS) is 14.5. The van der Waals surface area contributed by atoms with Gasteiger partial charge in [0.05, 0.1) is 47.2 Å². The summed E-state index contributed by atoms with van der Waals surface area (Å²) in [7, 11) is 0. The second kappa shape index (κ2) is 10.2. The fourth-order valence-corrected chi connectivity index (χ4v) is 4.70. The Morgan fingerprint density at radius 3 is 2.68 bits per heavy atom. The van der Waals surface area contributed by atoms with Crippen molar-refractivity contribution in [2.45, 2.75) is 13.0 Å². The second-order valence-corrected chi connectivity index (χ2v) is 8.90. The molecule has 2 aromatic carbocycles. The van der Waals surface area contributed by atoms with Crippen molar-refractivity contribution in [2.24, 2.45) is 0 Å². The molecule has 0 amide bonds. The highest BCUT2D eigenvalue weighted by atomic mass is 32.1. The highest BCUT2D eigenvalue weighted by Gasteiger charge is 2.21. The van der Waals surface area contributed by atoms with Gasteiger partial charge in [0, 0.05) is 30.4 Å². The Labute approximate surface area is 219 Å². The molecule has 3 aromatic heterocycles. The Hall–Kier alpha value is -3.89. The molecule has 3 N–H and O–H groups in total. The van der Waals surface area contributed by atoms with Crippen molar-refractivity contribution in [2.75, 3.05) is 36.5 Å². The molecule has 37 heavy (non-hydrogen) atoms. The number of aromatic nitrogens is 4. The molecule has 4 heterocycles. The third-order valence-corrected chi connectivity index (χ3v) is 6.55. The van der Waals surface area contributed by atoms with E-state index < -0.39 is 5.82 Å². The van der Waals surface area contributed by atoms with Crippen molar-refractivity contribution < 1.29 is 9.13 Å². The van der Waals surface area contributed by atoms with Crippen molar-refractivity contribution in [3.63, 3.8) is 0 Å². The van der Waals surface area contributed by atoms with Gasteiger partial charge in [0.1, 0.15) is 17.2 Å². The lowest BCUT2D eigenvalue weighted by Crippen LogP contribution is -2.36. The molecule has 1 aliphatic heterocycles. The number of morpholine rings is 1. The highest BCUT2D eigenvalue weighted by molar-refractivity contribution is 7.59. The first-order valence-corrected chi connectivity index (χ1v) is 11.9. The first kappa shape index (κ1) is 24.8. The first-order chi connectivity index (χ1) is 17.6. The summed E-state index contributed by atoms with van der Waals surface area (Å²) < 4.78 is 19.8. The summed E-state index contributed by atoms with van der Waals surface area (Å²) in [6.45, 7) is 4.98. The van der Waals surface area contributed by atoms with Crippen LogP contribution in [0.15, 0.2) is 65.6 Å². The predicted octanol–water partition coefficient (Wildman–Crippen LogP) is 4.73. The van der Waals surface area contributed by atoms with Crippen molar-refractivity contribution in [1.29, 1.82) is 0 Å². The van der Waals surface area contributed by atoms with Crippen LogP contribution in [0.2, 0.25) is 0 Å². The summed E-state index contributed by atoms with van der Waals surface area (Å²) in [6, 6.07) is 15.7. The van der Waals surface area contributed by atoms with E-state index in [0.717, 1.165) is 35.5 Å². The second-order valence-electron chi connectivity index (χ2n) is 8.90. The van der Waals surface area contributed by atoms with E-state index in [1.807, 2.05) is 43.3 Å². The third-order valence-electron chi connectivity index (χ3n) is 6.55. The summed E-state index contributed by atoms with van der Waals surface area (Å²) in [6.07, 6.45) is 1.72. The van der Waals surface area contributed by atoms with Gasteiger partial charge in [-0.2, -0.15) is 13.5 Å². The lowest BCUT2D eigenvalue weighted by atomic mass is 10.1. The third kappa shape index (κ3) is 4.77. The van der Waals surface area contributed by atoms with Crippen LogP contribution in [-0.4, -0.2) is 46.2 Å². The predicted molar refractivity (Wildman–Crippen MR) is 149 cm³/mol. The zero-order chi connectivity index (χ0) is 24.6. The van der Waals surface area contributed by atoms with Crippen LogP contribution >= 0.6 is 13.5 Å². The number of ether oxygens (including phenoxy) is 1. The van der Waals surface area contributed by atoms with E-state index in [0.29, 0.717) is 41.2 Å². The number of hydrogen-bond acceptors (Lipinski definition) is 6. The van der Waals surface area contributed by atoms with Crippen LogP contribution in [-0.2, 0) is 4.74 Å². The molecule has 6 rings (SSSR count). The van der Waals surface area contributed by atoms with Gasteiger partial charge in [0.15, 0.2) is 0 Å². The van der Waals surface area contributed by atoms with Gasteiger partial charge in [-0.3, -0.25) is 9.78 Å². The molecule has 0 aliphatic carbocycles. The van der Waals surface area contributed by atoms with Crippen LogP contribution < -0.4 is 15.8 Å². The van der Waals surface area contributed by atoms with Gasteiger partial charge in [-0.05, 0) is 55.5 Å². The molecule has 0 spiro atoms. The maximum atomic E-state index is 14.3. The van der Waals surface area contributed by atoms with Crippen LogP contribution in [0.4, 0.5) is 15.8 Å². The van der Waals surface area contributed by atoms with E-state index in [2.05, 4.69) is 25.2 Å². The Morgan fingerprint density at radius 1 is 1.05 bits per heavy atom. The molecule has 8 nitrogen and oxygen atoms in total. The van der Waals surface area contributed by atoms with E-state index in [1.165, 1.54) is 12.1 Å². The first-order valence-electron chi connectivity index (χ1n) is 11.9. The smallest absolute Gasteiger partial charge is 0.261 e. The molecule has 10 heteroatoms. The Balaban J connectivity index is 0.00000280. The molecule has 0 bridgehead atoms. The summed E-state index contributed by atoms with van der Waals surface area (Å²) in [5.41, 5.74) is 4.45. The average molecular weight is 519 g/mol. The quantitative estimate of drug-likeness (QED) is 0.311. The van der Waals surface area contributed by atoms with Gasteiger partial charge in [-0.15, -0.1) is 0 Å². The number of H-pyrrole nitrogens is 2. The van der Waals surface area contributed by atoms with E-state index in [1.54, 1.807) is 12.3 Å². The molecule has 1 fully saturated rings. The topological polar surface area (TPSA) is 98.9 Å². The number of fused-ring (bicyclic) bond motifs is 2. The minimum absolute atomic E-state index is 0. The molecule has 1 aliphatic rings. The lowest BCUT2D eigenvalue weighted by molar-refractivity contribution is 0.122. The van der Waals surface area contributed by atoms with Crippen LogP contribution in [0.3, 0.4) is 0 Å². The van der Waals surface area contributed by atoms with Crippen molar-refractivity contribution in [3.05, 3.63) is 82.7 Å². The van der Waals surface area contributed by atoms with Crippen molar-refractivity contribution in [1.82, 2.24) is 19.9 Å². The van der Waals surface area contributed by atoms with Gasteiger partial charge < -0.3 is 24.9 Å². The summed E-state index contributed by atoms with van der Waals surface area (Å²) in [5.74, 6) is 0.0149. The van der Waals surface area contributed by atoms with Gasteiger partial charge >= 0.3 is 0 Å². The molecular formula is C27H27FN6O2S. The number of anilines is 2. The van der Waals surface area contributed by atoms with E-state index in [-0.39, 0.29) is 25.1 Å². The largest absolute Gasteiger partial charge is 0.378 e. The summed E-state index contributed by atoms with van der Waals surface area (Å²) >= 11 is 0. The monoisotopic (exact) mass is 518 g/mol. The van der Waals surface area contributed by atoms with Crippen LogP contribution in [0.25, 0.3) is 33.3 Å². The number of nitrogens with one attached hydrogen (secondary N) is 3. The number of halogens is 1. The minimum Gasteiger partial charge on any atom is -0.378 e. The molecule has 5 aromatic rings. The Kier molecular flexibility index (Phi) is 6.86. The number of aromatic amines is 2. The number of pyridine rings is 2. The number of benzene rings is 2. The molecule has 1 saturated heterocycles. The van der Waals surface area contributed by atoms with E-state index in [4.69, 9.17) is 9.72 Å². The summed E-state index contributed by atoms with van der Waals surface area (Å²) in [4.78, 5) is 31.0. The van der Waals surface area contributed by atoms with Crippen LogP contribution in [0.1, 0.15) is 18.7 Å². The SMILES string of the molecule is C[C@H](Nc1c(-c2nc3ccc(N4CCOCC4)cc3[nH]2)c(=O)[nH]c2ccc(F)cc12)c1ccccn1.S. The van der Waals surface area contributed by atoms with Crippen molar-refractivity contribution in [3.8, 4) is 11.4 Å². The molecule has 0 saturated carbocycles. The molecule has 1 atom stereocenters. The fourth-order valence-electron chi connectivity index (χ4n) is 4.70. The standard InChI is InChI=1S/C27H25FN6O2.H2S/c1-16(20-4-2-3-9-29-20)30-25-19-14-17(28)5-7-21(19)33-27(35)24(25)26-31-22-8-6-18(15-23(22)32-26)34-10-12-36-13-11-34;/h2-9,14-16H,10-13H2,1H3,(H,31,32)(H2,30,33,35);1H2/t16-;/m0./s1.